The van der Waals surface area contributed by atoms with Crippen LogP contribution in [-0.4, -0.2) is 38.8 Å². The maximum Gasteiger partial charge on any atom is 0.263 e. The fourth-order valence-corrected chi connectivity index (χ4v) is 5.16. The largest absolute Gasteiger partial charge is 0.326 e. The number of nitrogens with two attached hydrogens (primary N) is 1. The van der Waals surface area contributed by atoms with Crippen molar-refractivity contribution in [1.29, 1.82) is 0 Å². The molecule has 0 saturated heterocycles. The molecule has 1 aromatic heterocycles. The molecule has 0 bridgehead atoms. The maximum absolute atomic E-state index is 12.5. The molecule has 5 N–H and O–H groups in total. The van der Waals surface area contributed by atoms with E-state index in [9.17, 15) is 26.4 Å². The number of aromatic nitrogens is 2. The van der Waals surface area contributed by atoms with Crippen LogP contribution in [0.2, 0.25) is 0 Å². The molecule has 0 fully saturated rings. The fourth-order valence-electron chi connectivity index (χ4n) is 2.73. The average molecular weight is 539 g/mol. The highest BCUT2D eigenvalue weighted by atomic mass is 32.2. The standard InChI is InChI=1S/C20H22N6O6S3/c1-2-19-24-25-20(33-19)26-35(31,32)16-9-5-14(6-10-16)23-18(28)12-11-17(27)22-13-3-7-15(8-4-13)34(21,29)30/h3-10H,2,11-12H2,1H3,(H,22,27)(H,23,28)(H,25,26)(H2,21,29,30). The van der Waals surface area contributed by atoms with Crippen LogP contribution in [-0.2, 0) is 36.1 Å². The van der Waals surface area contributed by atoms with Crippen LogP contribution >= 0.6 is 11.3 Å². The zero-order valence-electron chi connectivity index (χ0n) is 18.4. The fraction of sp³-hybridized carbons (Fsp3) is 0.200. The number of rotatable bonds is 10. The van der Waals surface area contributed by atoms with Crippen LogP contribution in [0.25, 0.3) is 0 Å². The van der Waals surface area contributed by atoms with E-state index in [0.717, 1.165) is 11.3 Å². The van der Waals surface area contributed by atoms with Gasteiger partial charge >= 0.3 is 0 Å². The Balaban J connectivity index is 1.49. The van der Waals surface area contributed by atoms with Crippen LogP contribution in [0.3, 0.4) is 0 Å². The van der Waals surface area contributed by atoms with E-state index in [4.69, 9.17) is 5.14 Å². The number of aryl methyl sites for hydroxylation is 1. The van der Waals surface area contributed by atoms with Gasteiger partial charge in [-0.2, -0.15) is 0 Å². The normalized spacial score (nSPS) is 11.6. The van der Waals surface area contributed by atoms with Crippen molar-refractivity contribution in [2.75, 3.05) is 15.4 Å². The first kappa shape index (κ1) is 26.2. The number of carbonyl (C=O) groups is 2. The van der Waals surface area contributed by atoms with Crippen LogP contribution in [0.15, 0.2) is 58.3 Å². The lowest BCUT2D eigenvalue weighted by atomic mass is 10.2. The predicted octanol–water partition coefficient (Wildman–Crippen LogP) is 1.91. The van der Waals surface area contributed by atoms with E-state index in [2.05, 4.69) is 25.6 Å². The second-order valence-electron chi connectivity index (χ2n) is 7.15. The summed E-state index contributed by atoms with van der Waals surface area (Å²) in [4.78, 5) is 24.1. The molecule has 3 rings (SSSR count). The highest BCUT2D eigenvalue weighted by Crippen LogP contribution is 2.21. The lowest BCUT2D eigenvalue weighted by Crippen LogP contribution is -2.18. The van der Waals surface area contributed by atoms with Gasteiger partial charge in [-0.05, 0) is 55.0 Å². The number of nitrogens with one attached hydrogen (secondary N) is 3. The maximum atomic E-state index is 12.5. The van der Waals surface area contributed by atoms with Crippen molar-refractivity contribution in [2.45, 2.75) is 36.0 Å². The zero-order valence-corrected chi connectivity index (χ0v) is 20.8. The smallest absolute Gasteiger partial charge is 0.263 e. The Morgan fingerprint density at radius 3 is 1.74 bits per heavy atom. The first-order chi connectivity index (χ1) is 16.5. The molecule has 15 heteroatoms. The number of hydrogen-bond donors (Lipinski definition) is 4. The summed E-state index contributed by atoms with van der Waals surface area (Å²) in [6.45, 7) is 1.88. The van der Waals surface area contributed by atoms with Crippen molar-refractivity contribution < 1.29 is 26.4 Å². The van der Waals surface area contributed by atoms with Gasteiger partial charge in [0.1, 0.15) is 5.01 Å². The number of amides is 2. The minimum Gasteiger partial charge on any atom is -0.326 e. The van der Waals surface area contributed by atoms with E-state index in [-0.39, 0.29) is 27.8 Å². The predicted molar refractivity (Wildman–Crippen MR) is 131 cm³/mol. The van der Waals surface area contributed by atoms with Gasteiger partial charge in [-0.15, -0.1) is 10.2 Å². The number of carbonyl (C=O) groups excluding carboxylic acids is 2. The number of anilines is 3. The number of sulfonamides is 2. The van der Waals surface area contributed by atoms with Gasteiger partial charge in [-0.1, -0.05) is 18.3 Å². The summed E-state index contributed by atoms with van der Waals surface area (Å²) < 4.78 is 49.8. The van der Waals surface area contributed by atoms with Crippen molar-refractivity contribution in [3.63, 3.8) is 0 Å². The van der Waals surface area contributed by atoms with Crippen LogP contribution in [0.1, 0.15) is 24.8 Å². The Morgan fingerprint density at radius 2 is 1.31 bits per heavy atom. The van der Waals surface area contributed by atoms with Crippen LogP contribution in [0.5, 0.6) is 0 Å². The van der Waals surface area contributed by atoms with Gasteiger partial charge in [-0.25, -0.2) is 22.0 Å². The molecule has 35 heavy (non-hydrogen) atoms. The van der Waals surface area contributed by atoms with Crippen LogP contribution in [0.4, 0.5) is 16.5 Å². The third-order valence-electron chi connectivity index (χ3n) is 4.49. The molecule has 3 aromatic rings. The summed E-state index contributed by atoms with van der Waals surface area (Å²) in [5.74, 6) is -0.890. The minimum absolute atomic E-state index is 0.0171. The van der Waals surface area contributed by atoms with Gasteiger partial charge in [0.05, 0.1) is 9.79 Å². The van der Waals surface area contributed by atoms with Crippen molar-refractivity contribution in [2.24, 2.45) is 5.14 Å². The first-order valence-corrected chi connectivity index (χ1v) is 14.0. The van der Waals surface area contributed by atoms with Gasteiger partial charge in [0.2, 0.25) is 27.0 Å². The van der Waals surface area contributed by atoms with Gasteiger partial charge in [0.25, 0.3) is 10.0 Å². The second kappa shape index (κ2) is 10.9. The Labute approximate surface area is 206 Å². The van der Waals surface area contributed by atoms with E-state index < -0.39 is 31.9 Å². The molecule has 0 spiro atoms. The molecule has 1 heterocycles. The molecule has 12 nitrogen and oxygen atoms in total. The second-order valence-corrected chi connectivity index (χ2v) is 11.5. The van der Waals surface area contributed by atoms with Crippen molar-refractivity contribution in [3.8, 4) is 0 Å². The summed E-state index contributed by atoms with van der Waals surface area (Å²) in [7, 11) is -7.70. The van der Waals surface area contributed by atoms with E-state index in [0.29, 0.717) is 22.8 Å². The Kier molecular flexibility index (Phi) is 8.16. The van der Waals surface area contributed by atoms with Crippen molar-refractivity contribution >= 4 is 59.7 Å². The van der Waals surface area contributed by atoms with E-state index in [1.807, 2.05) is 6.92 Å². The third kappa shape index (κ3) is 7.54. The topological polar surface area (TPSA) is 190 Å². The molecular formula is C20H22N6O6S3. The van der Waals surface area contributed by atoms with Gasteiger partial charge in [0, 0.05) is 24.2 Å². The monoisotopic (exact) mass is 538 g/mol. The molecule has 186 valence electrons. The zero-order chi connectivity index (χ0) is 25.6. The highest BCUT2D eigenvalue weighted by molar-refractivity contribution is 7.93. The Morgan fingerprint density at radius 1 is 0.829 bits per heavy atom. The summed E-state index contributed by atoms with van der Waals surface area (Å²) >= 11 is 1.14. The molecule has 0 aliphatic carbocycles. The molecule has 0 atom stereocenters. The van der Waals surface area contributed by atoms with Gasteiger partial charge < -0.3 is 10.6 Å². The summed E-state index contributed by atoms with van der Waals surface area (Å²) in [5, 5.41) is 18.7. The molecule has 0 unspecified atom stereocenters. The molecular weight excluding hydrogens is 516 g/mol. The SMILES string of the molecule is CCc1nnc(NS(=O)(=O)c2ccc(NC(=O)CCC(=O)Nc3ccc(S(N)(=O)=O)cc3)cc2)s1. The number of primary sulfonamides is 1. The van der Waals surface area contributed by atoms with Gasteiger partial charge in [0.15, 0.2) is 0 Å². The van der Waals surface area contributed by atoms with Crippen LogP contribution < -0.4 is 20.5 Å². The summed E-state index contributed by atoms with van der Waals surface area (Å²) in [6.07, 6.45) is 0.393. The lowest BCUT2D eigenvalue weighted by molar-refractivity contribution is -0.121. The van der Waals surface area contributed by atoms with E-state index >= 15 is 0 Å². The number of hydrogen-bond acceptors (Lipinski definition) is 9. The first-order valence-electron chi connectivity index (χ1n) is 10.1. The number of nitrogens with zero attached hydrogens (tertiary/aromatic N) is 2. The summed E-state index contributed by atoms with van der Waals surface area (Å²) in [5.41, 5.74) is 0.713. The minimum atomic E-state index is -3.86. The Bertz CT molecular complexity index is 1420. The lowest BCUT2D eigenvalue weighted by Gasteiger charge is -2.08. The Hall–Kier alpha value is -3.40. The molecule has 0 radical (unpaired) electrons. The van der Waals surface area contributed by atoms with E-state index in [1.54, 1.807) is 0 Å². The molecule has 0 saturated carbocycles. The van der Waals surface area contributed by atoms with Crippen molar-refractivity contribution in [1.82, 2.24) is 10.2 Å². The quantitative estimate of drug-likeness (QED) is 0.301. The molecule has 2 amide bonds. The molecule has 2 aromatic carbocycles. The van der Waals surface area contributed by atoms with Crippen molar-refractivity contribution in [3.05, 3.63) is 53.5 Å². The number of benzene rings is 2. The summed E-state index contributed by atoms with van der Waals surface area (Å²) in [6, 6.07) is 10.8. The molecule has 0 aliphatic heterocycles. The average Bonchev–Trinajstić information content (AvgIpc) is 3.25. The van der Waals surface area contributed by atoms with Gasteiger partial charge in [-0.3, -0.25) is 14.3 Å². The third-order valence-corrected chi connectivity index (χ3v) is 7.88. The molecule has 0 aliphatic rings. The van der Waals surface area contributed by atoms with Crippen LogP contribution in [0, 0.1) is 0 Å². The highest BCUT2D eigenvalue weighted by Gasteiger charge is 2.17. The van der Waals surface area contributed by atoms with E-state index in [1.165, 1.54) is 48.5 Å².